The molecule has 2 aromatic rings. The topological polar surface area (TPSA) is 20.3 Å². The smallest absolute Gasteiger partial charge is 0.253 e. The van der Waals surface area contributed by atoms with Gasteiger partial charge in [0, 0.05) is 24.1 Å². The highest BCUT2D eigenvalue weighted by molar-refractivity contribution is 9.10. The van der Waals surface area contributed by atoms with E-state index in [2.05, 4.69) is 15.9 Å². The number of halogens is 1. The Morgan fingerprint density at radius 2 is 1.33 bits per heavy atom. The number of nitrogens with zero attached hydrogens (tertiary/aromatic N) is 1. The van der Waals surface area contributed by atoms with Crippen LogP contribution in [-0.2, 0) is 0 Å². The maximum Gasteiger partial charge on any atom is 0.253 e. The molecule has 0 saturated carbocycles. The zero-order chi connectivity index (χ0) is 13.1. The Hall–Kier alpha value is -1.61. The summed E-state index contributed by atoms with van der Waals surface area (Å²) in [5.74, 6) is 0.0253. The first kappa shape index (κ1) is 12.8. The summed E-state index contributed by atoms with van der Waals surface area (Å²) in [4.78, 5) is 13.3. The highest BCUT2D eigenvalue weighted by atomic mass is 79.9. The normalized spacial score (nSPS) is 10.2. The Morgan fingerprint density at radius 3 is 1.78 bits per heavy atom. The van der Waals surface area contributed by atoms with E-state index in [1.54, 1.807) is 19.0 Å². The molecule has 0 aliphatic heterocycles. The molecule has 0 spiro atoms. The average molecular weight is 304 g/mol. The molecule has 0 N–H and O–H groups in total. The van der Waals surface area contributed by atoms with Gasteiger partial charge in [-0.1, -0.05) is 40.2 Å². The summed E-state index contributed by atoms with van der Waals surface area (Å²) >= 11 is 3.41. The van der Waals surface area contributed by atoms with Crippen LogP contribution in [0.25, 0.3) is 11.1 Å². The first-order valence-corrected chi connectivity index (χ1v) is 6.45. The van der Waals surface area contributed by atoms with Gasteiger partial charge in [-0.05, 0) is 35.4 Å². The molecule has 0 aliphatic rings. The lowest BCUT2D eigenvalue weighted by Crippen LogP contribution is -2.21. The molecule has 0 radical (unpaired) electrons. The third-order valence-corrected chi connectivity index (χ3v) is 3.24. The lowest BCUT2D eigenvalue weighted by Gasteiger charge is -2.10. The van der Waals surface area contributed by atoms with E-state index in [0.717, 1.165) is 15.6 Å². The maximum absolute atomic E-state index is 11.8. The fourth-order valence-corrected chi connectivity index (χ4v) is 1.97. The van der Waals surface area contributed by atoms with Crippen molar-refractivity contribution < 1.29 is 4.79 Å². The van der Waals surface area contributed by atoms with E-state index in [9.17, 15) is 4.79 Å². The summed E-state index contributed by atoms with van der Waals surface area (Å²) < 4.78 is 1.06. The molecule has 0 aromatic heterocycles. The van der Waals surface area contributed by atoms with Crippen molar-refractivity contribution in [2.45, 2.75) is 0 Å². The predicted octanol–water partition coefficient (Wildman–Crippen LogP) is 3.82. The molecule has 2 rings (SSSR count). The summed E-state index contributed by atoms with van der Waals surface area (Å²) in [6.45, 7) is 0. The van der Waals surface area contributed by atoms with Gasteiger partial charge >= 0.3 is 0 Å². The molecule has 92 valence electrons. The van der Waals surface area contributed by atoms with Gasteiger partial charge in [0.05, 0.1) is 0 Å². The lowest BCUT2D eigenvalue weighted by atomic mass is 10.0. The van der Waals surface area contributed by atoms with Crippen molar-refractivity contribution in [3.63, 3.8) is 0 Å². The molecule has 18 heavy (non-hydrogen) atoms. The lowest BCUT2D eigenvalue weighted by molar-refractivity contribution is 0.0827. The third kappa shape index (κ3) is 2.79. The number of amides is 1. The molecule has 0 saturated heterocycles. The number of hydrogen-bond donors (Lipinski definition) is 0. The van der Waals surface area contributed by atoms with Crippen LogP contribution >= 0.6 is 15.9 Å². The Kier molecular flexibility index (Phi) is 3.82. The summed E-state index contributed by atoms with van der Waals surface area (Å²) in [7, 11) is 3.51. The summed E-state index contributed by atoms with van der Waals surface area (Å²) in [5, 5.41) is 0. The van der Waals surface area contributed by atoms with E-state index in [-0.39, 0.29) is 5.91 Å². The zero-order valence-corrected chi connectivity index (χ0v) is 11.9. The fraction of sp³-hybridized carbons (Fsp3) is 0.133. The van der Waals surface area contributed by atoms with Gasteiger partial charge in [0.25, 0.3) is 5.91 Å². The van der Waals surface area contributed by atoms with Gasteiger partial charge in [0.15, 0.2) is 0 Å². The molecule has 0 aliphatic carbocycles. The van der Waals surface area contributed by atoms with E-state index < -0.39 is 0 Å². The Morgan fingerprint density at radius 1 is 0.889 bits per heavy atom. The summed E-state index contributed by atoms with van der Waals surface area (Å²) in [6.07, 6.45) is 0. The Labute approximate surface area is 115 Å². The van der Waals surface area contributed by atoms with Gasteiger partial charge in [-0.2, -0.15) is 0 Å². The SMILES string of the molecule is CN(C)C(=O)c1ccc(-c2ccc(Br)cc2)cc1. The van der Waals surface area contributed by atoms with Crippen LogP contribution < -0.4 is 0 Å². The van der Waals surface area contributed by atoms with Gasteiger partial charge in [0.2, 0.25) is 0 Å². The number of carbonyl (C=O) groups excluding carboxylic acids is 1. The fourth-order valence-electron chi connectivity index (χ4n) is 1.71. The van der Waals surface area contributed by atoms with Crippen molar-refractivity contribution in [1.82, 2.24) is 4.90 Å². The van der Waals surface area contributed by atoms with Crippen LogP contribution in [0.3, 0.4) is 0 Å². The Bertz CT molecular complexity index is 544. The van der Waals surface area contributed by atoms with Crippen LogP contribution in [0.4, 0.5) is 0 Å². The van der Waals surface area contributed by atoms with Gasteiger partial charge in [-0.3, -0.25) is 4.79 Å². The highest BCUT2D eigenvalue weighted by Gasteiger charge is 2.07. The van der Waals surface area contributed by atoms with Gasteiger partial charge < -0.3 is 4.90 Å². The number of benzene rings is 2. The van der Waals surface area contributed by atoms with Gasteiger partial charge in [0.1, 0.15) is 0 Å². The molecule has 0 atom stereocenters. The van der Waals surface area contributed by atoms with Crippen LogP contribution in [0.15, 0.2) is 53.0 Å². The highest BCUT2D eigenvalue weighted by Crippen LogP contribution is 2.22. The largest absolute Gasteiger partial charge is 0.345 e. The molecule has 2 aromatic carbocycles. The van der Waals surface area contributed by atoms with Crippen LogP contribution in [-0.4, -0.2) is 24.9 Å². The van der Waals surface area contributed by atoms with E-state index in [0.29, 0.717) is 5.56 Å². The quantitative estimate of drug-likeness (QED) is 0.826. The van der Waals surface area contributed by atoms with E-state index in [1.165, 1.54) is 0 Å². The molecular weight excluding hydrogens is 290 g/mol. The van der Waals surface area contributed by atoms with Gasteiger partial charge in [-0.25, -0.2) is 0 Å². The molecule has 0 bridgehead atoms. The van der Waals surface area contributed by atoms with E-state index in [4.69, 9.17) is 0 Å². The zero-order valence-electron chi connectivity index (χ0n) is 10.4. The Balaban J connectivity index is 2.27. The molecule has 1 amide bonds. The molecule has 0 unspecified atom stereocenters. The molecule has 0 fully saturated rings. The predicted molar refractivity (Wildman–Crippen MR) is 77.6 cm³/mol. The molecule has 3 heteroatoms. The van der Waals surface area contributed by atoms with Gasteiger partial charge in [-0.15, -0.1) is 0 Å². The van der Waals surface area contributed by atoms with Crippen molar-refractivity contribution in [3.05, 3.63) is 58.6 Å². The van der Waals surface area contributed by atoms with Crippen LogP contribution in [0.1, 0.15) is 10.4 Å². The second kappa shape index (κ2) is 5.36. The average Bonchev–Trinajstić information content (AvgIpc) is 2.39. The second-order valence-electron chi connectivity index (χ2n) is 4.28. The number of carbonyl (C=O) groups is 1. The second-order valence-corrected chi connectivity index (χ2v) is 5.20. The van der Waals surface area contributed by atoms with Crippen molar-refractivity contribution in [2.75, 3.05) is 14.1 Å². The van der Waals surface area contributed by atoms with Crippen LogP contribution in [0.5, 0.6) is 0 Å². The van der Waals surface area contributed by atoms with Crippen molar-refractivity contribution in [3.8, 4) is 11.1 Å². The summed E-state index contributed by atoms with van der Waals surface area (Å²) in [6, 6.07) is 15.8. The van der Waals surface area contributed by atoms with Crippen molar-refractivity contribution in [2.24, 2.45) is 0 Å². The first-order valence-electron chi connectivity index (χ1n) is 5.65. The van der Waals surface area contributed by atoms with E-state index in [1.807, 2.05) is 48.5 Å². The van der Waals surface area contributed by atoms with Crippen LogP contribution in [0.2, 0.25) is 0 Å². The molecular formula is C15H14BrNO. The standard InChI is InChI=1S/C15H14BrNO/c1-17(2)15(18)13-5-3-11(4-6-13)12-7-9-14(16)10-8-12/h3-10H,1-2H3. The van der Waals surface area contributed by atoms with Crippen molar-refractivity contribution >= 4 is 21.8 Å². The monoisotopic (exact) mass is 303 g/mol. The number of rotatable bonds is 2. The maximum atomic E-state index is 11.8. The minimum atomic E-state index is 0.0253. The molecule has 2 nitrogen and oxygen atoms in total. The molecule has 0 heterocycles. The van der Waals surface area contributed by atoms with Crippen LogP contribution in [0, 0.1) is 0 Å². The van der Waals surface area contributed by atoms with Crippen molar-refractivity contribution in [1.29, 1.82) is 0 Å². The number of hydrogen-bond acceptors (Lipinski definition) is 1. The third-order valence-electron chi connectivity index (χ3n) is 2.72. The summed E-state index contributed by atoms with van der Waals surface area (Å²) in [5.41, 5.74) is 2.96. The minimum Gasteiger partial charge on any atom is -0.345 e. The first-order chi connectivity index (χ1) is 8.58. The van der Waals surface area contributed by atoms with E-state index >= 15 is 0 Å². The minimum absolute atomic E-state index is 0.0253.